The molecule has 0 aromatic heterocycles. The van der Waals surface area contributed by atoms with E-state index in [1.54, 1.807) is 6.07 Å². The number of anilines is 1. The molecule has 0 bridgehead atoms. The molecule has 0 amide bonds. The first kappa shape index (κ1) is 12.9. The molecule has 2 rings (SSSR count). The number of benzene rings is 1. The summed E-state index contributed by atoms with van der Waals surface area (Å²) in [5.41, 5.74) is 7.22. The second kappa shape index (κ2) is 5.87. The smallest absolute Gasteiger partial charge is 0.0500 e. The van der Waals surface area contributed by atoms with E-state index in [2.05, 4.69) is 0 Å². The second-order valence-corrected chi connectivity index (χ2v) is 6.66. The number of rotatable bonds is 4. The SMILES string of the molecule is Nc1ccc(CS(=O)CC2CCCC2)c(Cl)c1. The molecule has 94 valence electrons. The maximum atomic E-state index is 12.0. The van der Waals surface area contributed by atoms with E-state index < -0.39 is 10.8 Å². The standard InChI is InChI=1S/C13H18ClNOS/c14-13-7-12(15)6-5-11(13)9-17(16)8-10-3-1-2-4-10/h5-7,10H,1-4,8-9,15H2. The van der Waals surface area contributed by atoms with Gasteiger partial charge in [-0.3, -0.25) is 4.21 Å². The average molecular weight is 272 g/mol. The molecule has 17 heavy (non-hydrogen) atoms. The average Bonchev–Trinajstić information content (AvgIpc) is 2.75. The molecule has 4 heteroatoms. The maximum absolute atomic E-state index is 12.0. The molecule has 2 N–H and O–H groups in total. The molecule has 0 radical (unpaired) electrons. The molecule has 1 aliphatic carbocycles. The van der Waals surface area contributed by atoms with Crippen LogP contribution >= 0.6 is 11.6 Å². The Kier molecular flexibility index (Phi) is 4.46. The van der Waals surface area contributed by atoms with Crippen molar-refractivity contribution in [3.05, 3.63) is 28.8 Å². The van der Waals surface area contributed by atoms with Gasteiger partial charge in [0.1, 0.15) is 0 Å². The summed E-state index contributed by atoms with van der Waals surface area (Å²) in [6.07, 6.45) is 5.07. The van der Waals surface area contributed by atoms with Gasteiger partial charge in [-0.05, 0) is 36.5 Å². The topological polar surface area (TPSA) is 43.1 Å². The zero-order valence-electron chi connectivity index (χ0n) is 9.82. The van der Waals surface area contributed by atoms with Gasteiger partial charge >= 0.3 is 0 Å². The number of hydrogen-bond donors (Lipinski definition) is 1. The lowest BCUT2D eigenvalue weighted by Gasteiger charge is -2.09. The summed E-state index contributed by atoms with van der Waals surface area (Å²) in [4.78, 5) is 0. The first-order chi connectivity index (χ1) is 8.15. The Labute approximate surface area is 110 Å². The molecule has 1 aromatic carbocycles. The number of hydrogen-bond acceptors (Lipinski definition) is 2. The van der Waals surface area contributed by atoms with Gasteiger partial charge in [-0.15, -0.1) is 0 Å². The molecule has 1 fully saturated rings. The van der Waals surface area contributed by atoms with Crippen LogP contribution < -0.4 is 5.73 Å². The van der Waals surface area contributed by atoms with Crippen LogP contribution in [0.4, 0.5) is 5.69 Å². The Bertz CT molecular complexity index is 416. The van der Waals surface area contributed by atoms with Gasteiger partial charge in [-0.1, -0.05) is 30.5 Å². The largest absolute Gasteiger partial charge is 0.399 e. The first-order valence-corrected chi connectivity index (χ1v) is 7.90. The second-order valence-electron chi connectivity index (χ2n) is 4.75. The van der Waals surface area contributed by atoms with Crippen molar-refractivity contribution in [2.75, 3.05) is 11.5 Å². The van der Waals surface area contributed by atoms with Gasteiger partial charge in [0, 0.05) is 27.3 Å². The third-order valence-electron chi connectivity index (χ3n) is 3.29. The molecule has 0 aliphatic heterocycles. The van der Waals surface area contributed by atoms with Gasteiger partial charge in [0.05, 0.1) is 5.75 Å². The Balaban J connectivity index is 1.93. The fraction of sp³-hybridized carbons (Fsp3) is 0.538. The Morgan fingerprint density at radius 3 is 2.71 bits per heavy atom. The first-order valence-electron chi connectivity index (χ1n) is 6.04. The fourth-order valence-corrected chi connectivity index (χ4v) is 4.26. The summed E-state index contributed by atoms with van der Waals surface area (Å²) in [5.74, 6) is 2.03. The highest BCUT2D eigenvalue weighted by Gasteiger charge is 2.18. The van der Waals surface area contributed by atoms with Crippen molar-refractivity contribution >= 4 is 28.1 Å². The summed E-state index contributed by atoms with van der Waals surface area (Å²) in [5, 5.41) is 0.629. The molecule has 1 aromatic rings. The quantitative estimate of drug-likeness (QED) is 0.854. The summed E-state index contributed by atoms with van der Waals surface area (Å²) in [7, 11) is -0.803. The zero-order chi connectivity index (χ0) is 12.3. The number of nitrogen functional groups attached to an aromatic ring is 1. The molecular formula is C13H18ClNOS. The summed E-state index contributed by atoms with van der Waals surface area (Å²) in [6.45, 7) is 0. The molecular weight excluding hydrogens is 254 g/mol. The molecule has 1 unspecified atom stereocenters. The van der Waals surface area contributed by atoms with Crippen LogP contribution in [0.25, 0.3) is 0 Å². The van der Waals surface area contributed by atoms with Gasteiger partial charge in [0.2, 0.25) is 0 Å². The van der Waals surface area contributed by atoms with Crippen molar-refractivity contribution < 1.29 is 4.21 Å². The van der Waals surface area contributed by atoms with Crippen molar-refractivity contribution in [3.8, 4) is 0 Å². The molecule has 0 spiro atoms. The minimum absolute atomic E-state index is 0.551. The van der Waals surface area contributed by atoms with E-state index in [0.29, 0.717) is 22.4 Å². The van der Waals surface area contributed by atoms with E-state index in [-0.39, 0.29) is 0 Å². The van der Waals surface area contributed by atoms with E-state index in [0.717, 1.165) is 11.3 Å². The summed E-state index contributed by atoms with van der Waals surface area (Å²) in [6, 6.07) is 5.42. The lowest BCUT2D eigenvalue weighted by molar-refractivity contribution is 0.604. The molecule has 0 saturated heterocycles. The van der Waals surface area contributed by atoms with Crippen molar-refractivity contribution in [2.45, 2.75) is 31.4 Å². The van der Waals surface area contributed by atoms with Crippen LogP contribution in [0.15, 0.2) is 18.2 Å². The summed E-state index contributed by atoms with van der Waals surface area (Å²) >= 11 is 6.08. The molecule has 1 saturated carbocycles. The van der Waals surface area contributed by atoms with E-state index in [1.165, 1.54) is 25.7 Å². The normalized spacial score (nSPS) is 18.4. The van der Waals surface area contributed by atoms with E-state index >= 15 is 0 Å². The molecule has 0 heterocycles. The van der Waals surface area contributed by atoms with Crippen LogP contribution in [0, 0.1) is 5.92 Å². The van der Waals surface area contributed by atoms with Crippen LogP contribution in [-0.4, -0.2) is 9.96 Å². The predicted molar refractivity (Wildman–Crippen MR) is 74.5 cm³/mol. The Morgan fingerprint density at radius 1 is 1.35 bits per heavy atom. The minimum atomic E-state index is -0.803. The third kappa shape index (κ3) is 3.71. The highest BCUT2D eigenvalue weighted by Crippen LogP contribution is 2.27. The van der Waals surface area contributed by atoms with Crippen LogP contribution in [0.3, 0.4) is 0 Å². The molecule has 1 aliphatic rings. The van der Waals surface area contributed by atoms with Crippen LogP contribution in [-0.2, 0) is 16.6 Å². The minimum Gasteiger partial charge on any atom is -0.399 e. The van der Waals surface area contributed by atoms with Crippen LogP contribution in [0.2, 0.25) is 5.02 Å². The van der Waals surface area contributed by atoms with Gasteiger partial charge in [-0.2, -0.15) is 0 Å². The predicted octanol–water partition coefficient (Wildman–Crippen LogP) is 3.36. The van der Waals surface area contributed by atoms with Crippen molar-refractivity contribution in [3.63, 3.8) is 0 Å². The Hall–Kier alpha value is -0.540. The van der Waals surface area contributed by atoms with E-state index in [1.807, 2.05) is 12.1 Å². The van der Waals surface area contributed by atoms with Crippen molar-refractivity contribution in [1.82, 2.24) is 0 Å². The third-order valence-corrected chi connectivity index (χ3v) is 5.12. The lowest BCUT2D eigenvalue weighted by Crippen LogP contribution is -2.09. The van der Waals surface area contributed by atoms with Gasteiger partial charge in [0.15, 0.2) is 0 Å². The fourth-order valence-electron chi connectivity index (χ4n) is 2.35. The number of halogens is 1. The van der Waals surface area contributed by atoms with Gasteiger partial charge < -0.3 is 5.73 Å². The van der Waals surface area contributed by atoms with Crippen LogP contribution in [0.5, 0.6) is 0 Å². The van der Waals surface area contributed by atoms with Crippen molar-refractivity contribution in [2.24, 2.45) is 5.92 Å². The lowest BCUT2D eigenvalue weighted by atomic mass is 10.1. The van der Waals surface area contributed by atoms with Gasteiger partial charge in [0.25, 0.3) is 0 Å². The van der Waals surface area contributed by atoms with E-state index in [9.17, 15) is 4.21 Å². The van der Waals surface area contributed by atoms with Gasteiger partial charge in [-0.25, -0.2) is 0 Å². The van der Waals surface area contributed by atoms with Crippen molar-refractivity contribution in [1.29, 1.82) is 0 Å². The van der Waals surface area contributed by atoms with Crippen LogP contribution in [0.1, 0.15) is 31.2 Å². The Morgan fingerprint density at radius 2 is 2.06 bits per heavy atom. The molecule has 2 nitrogen and oxygen atoms in total. The zero-order valence-corrected chi connectivity index (χ0v) is 11.4. The monoisotopic (exact) mass is 271 g/mol. The highest BCUT2D eigenvalue weighted by atomic mass is 35.5. The molecule has 1 atom stereocenters. The number of nitrogens with two attached hydrogens (primary N) is 1. The van der Waals surface area contributed by atoms with E-state index in [4.69, 9.17) is 17.3 Å². The summed E-state index contributed by atoms with van der Waals surface area (Å²) < 4.78 is 12.0. The maximum Gasteiger partial charge on any atom is 0.0500 e. The highest BCUT2D eigenvalue weighted by molar-refractivity contribution is 7.84.